The standard InChI is InChI=1S/C23H24ClF3N2O6S2/c1-36(32,33)28-11-23(31)9-13-2-3-14(10-23)21(13)37(34,35)19-6-12(4-5-16(19)24)22(30)29-15-7-17(25)20(27)18(26)8-15/h4-8,13-14,21,28,31H,2-3,9-11H2,1H3,(H,29,30)/t13-,14?,21+,23-/m0/s1. The van der Waals surface area contributed by atoms with E-state index in [0.717, 1.165) is 12.3 Å². The van der Waals surface area contributed by atoms with Gasteiger partial charge in [0.1, 0.15) is 0 Å². The van der Waals surface area contributed by atoms with Crippen molar-refractivity contribution in [1.29, 1.82) is 0 Å². The number of hydrogen-bond donors (Lipinski definition) is 3. The SMILES string of the molecule is CS(=O)(=O)NC[C@@]1(O)CC2CC[C@@H](C1)[C@H]2S(=O)(=O)c1cc(C(=O)Nc2cc(F)c(F)c(F)c2)ccc1Cl. The minimum atomic E-state index is -4.10. The molecule has 3 N–H and O–H groups in total. The van der Waals surface area contributed by atoms with E-state index in [-0.39, 0.29) is 40.6 Å². The molecule has 0 radical (unpaired) electrons. The first-order valence-electron chi connectivity index (χ1n) is 11.3. The topological polar surface area (TPSA) is 130 Å². The van der Waals surface area contributed by atoms with Crippen LogP contribution >= 0.6 is 11.6 Å². The Morgan fingerprint density at radius 1 is 1.05 bits per heavy atom. The molecule has 202 valence electrons. The number of carbonyl (C=O) groups excluding carboxylic acids is 1. The van der Waals surface area contributed by atoms with Crippen molar-refractivity contribution in [1.82, 2.24) is 4.72 Å². The molecule has 1 amide bonds. The predicted octanol–water partition coefficient (Wildman–Crippen LogP) is 3.25. The third kappa shape index (κ3) is 5.80. The molecule has 2 aliphatic carbocycles. The quantitative estimate of drug-likeness (QED) is 0.431. The molecule has 37 heavy (non-hydrogen) atoms. The number of sulfone groups is 1. The molecule has 4 rings (SSSR count). The summed E-state index contributed by atoms with van der Waals surface area (Å²) in [7, 11) is -7.65. The third-order valence-electron chi connectivity index (χ3n) is 6.89. The maximum Gasteiger partial charge on any atom is 0.255 e. The van der Waals surface area contributed by atoms with Crippen LogP contribution in [-0.2, 0) is 19.9 Å². The number of rotatable bonds is 7. The summed E-state index contributed by atoms with van der Waals surface area (Å²) in [5.41, 5.74) is -1.93. The van der Waals surface area contributed by atoms with Crippen LogP contribution in [-0.4, -0.2) is 51.5 Å². The molecule has 2 bridgehead atoms. The van der Waals surface area contributed by atoms with Crippen LogP contribution in [0.3, 0.4) is 0 Å². The van der Waals surface area contributed by atoms with Gasteiger partial charge in [-0.25, -0.2) is 34.7 Å². The molecule has 2 fully saturated rings. The molecule has 2 aliphatic rings. The average molecular weight is 581 g/mol. The van der Waals surface area contributed by atoms with Gasteiger partial charge in [0.25, 0.3) is 5.91 Å². The molecule has 0 saturated heterocycles. The number of halogens is 4. The highest BCUT2D eigenvalue weighted by atomic mass is 35.5. The Morgan fingerprint density at radius 3 is 2.16 bits per heavy atom. The fourth-order valence-corrected chi connectivity index (χ4v) is 8.77. The number of benzene rings is 2. The Hall–Kier alpha value is -2.19. The van der Waals surface area contributed by atoms with Crippen LogP contribution in [0.5, 0.6) is 0 Å². The van der Waals surface area contributed by atoms with Gasteiger partial charge in [-0.1, -0.05) is 11.6 Å². The van der Waals surface area contributed by atoms with Crippen LogP contribution in [0.15, 0.2) is 35.2 Å². The van der Waals surface area contributed by atoms with Gasteiger partial charge in [0.15, 0.2) is 27.3 Å². The smallest absolute Gasteiger partial charge is 0.255 e. The number of amides is 1. The normalized spacial score (nSPS) is 25.7. The number of fused-ring (bicyclic) bond motifs is 2. The Morgan fingerprint density at radius 2 is 1.62 bits per heavy atom. The number of aliphatic hydroxyl groups is 1. The van der Waals surface area contributed by atoms with Crippen molar-refractivity contribution in [2.24, 2.45) is 11.8 Å². The van der Waals surface area contributed by atoms with Crippen molar-refractivity contribution in [2.75, 3.05) is 18.1 Å². The van der Waals surface area contributed by atoms with Crippen molar-refractivity contribution in [3.8, 4) is 0 Å². The average Bonchev–Trinajstić information content (AvgIpc) is 3.09. The van der Waals surface area contributed by atoms with Crippen molar-refractivity contribution in [3.05, 3.63) is 58.4 Å². The molecule has 0 aromatic heterocycles. The fourth-order valence-electron chi connectivity index (χ4n) is 5.39. The van der Waals surface area contributed by atoms with Gasteiger partial charge in [0, 0.05) is 29.9 Å². The monoisotopic (exact) mass is 580 g/mol. The van der Waals surface area contributed by atoms with E-state index in [1.807, 2.05) is 0 Å². The van der Waals surface area contributed by atoms with E-state index >= 15 is 0 Å². The fraction of sp³-hybridized carbons (Fsp3) is 0.435. The second-order valence-electron chi connectivity index (χ2n) is 9.69. The van der Waals surface area contributed by atoms with Crippen molar-refractivity contribution >= 4 is 43.1 Å². The third-order valence-corrected chi connectivity index (χ3v) is 10.4. The summed E-state index contributed by atoms with van der Waals surface area (Å²) in [5, 5.41) is 12.1. The van der Waals surface area contributed by atoms with E-state index in [1.165, 1.54) is 12.1 Å². The van der Waals surface area contributed by atoms with Gasteiger partial charge >= 0.3 is 0 Å². The molecule has 1 unspecified atom stereocenters. The van der Waals surface area contributed by atoms with Crippen LogP contribution in [0.1, 0.15) is 36.0 Å². The van der Waals surface area contributed by atoms with Gasteiger partial charge in [-0.2, -0.15) is 0 Å². The first-order chi connectivity index (χ1) is 17.1. The molecule has 8 nitrogen and oxygen atoms in total. The zero-order valence-electron chi connectivity index (χ0n) is 19.5. The lowest BCUT2D eigenvalue weighted by atomic mass is 9.77. The Balaban J connectivity index is 1.58. The van der Waals surface area contributed by atoms with Gasteiger partial charge in [-0.3, -0.25) is 4.79 Å². The van der Waals surface area contributed by atoms with E-state index in [9.17, 15) is 39.9 Å². The Kier molecular flexibility index (Phi) is 7.40. The second kappa shape index (κ2) is 9.84. The number of carbonyl (C=O) groups is 1. The molecule has 2 aromatic rings. The molecule has 0 heterocycles. The highest BCUT2D eigenvalue weighted by Gasteiger charge is 2.54. The van der Waals surface area contributed by atoms with Crippen LogP contribution in [0, 0.1) is 29.3 Å². The lowest BCUT2D eigenvalue weighted by Gasteiger charge is -2.40. The van der Waals surface area contributed by atoms with Gasteiger partial charge < -0.3 is 10.4 Å². The van der Waals surface area contributed by atoms with Gasteiger partial charge in [-0.05, 0) is 55.7 Å². The van der Waals surface area contributed by atoms with Gasteiger partial charge in [-0.15, -0.1) is 0 Å². The molecular weight excluding hydrogens is 557 g/mol. The first kappa shape index (κ1) is 27.8. The van der Waals surface area contributed by atoms with E-state index in [1.54, 1.807) is 0 Å². The largest absolute Gasteiger partial charge is 0.389 e. The Bertz CT molecular complexity index is 1430. The summed E-state index contributed by atoms with van der Waals surface area (Å²) in [5.74, 6) is -6.53. The zero-order valence-corrected chi connectivity index (χ0v) is 21.9. The lowest BCUT2D eigenvalue weighted by Crippen LogP contribution is -2.51. The minimum Gasteiger partial charge on any atom is -0.389 e. The van der Waals surface area contributed by atoms with Crippen molar-refractivity contribution in [2.45, 2.75) is 41.4 Å². The highest BCUT2D eigenvalue weighted by Crippen LogP contribution is 2.51. The molecule has 0 aliphatic heterocycles. The number of nitrogens with one attached hydrogen (secondary N) is 2. The summed E-state index contributed by atoms with van der Waals surface area (Å²) >= 11 is 6.22. The summed E-state index contributed by atoms with van der Waals surface area (Å²) < 4.78 is 92.8. The van der Waals surface area contributed by atoms with Crippen LogP contribution < -0.4 is 10.0 Å². The van der Waals surface area contributed by atoms with E-state index in [4.69, 9.17) is 11.6 Å². The molecule has 14 heteroatoms. The molecule has 0 spiro atoms. The molecule has 2 saturated carbocycles. The number of anilines is 1. The summed E-state index contributed by atoms with van der Waals surface area (Å²) in [6.07, 6.45) is 2.12. The second-order valence-corrected chi connectivity index (χ2v) is 14.0. The Labute approximate surface area is 217 Å². The van der Waals surface area contributed by atoms with Crippen LogP contribution in [0.4, 0.5) is 18.9 Å². The first-order valence-corrected chi connectivity index (χ1v) is 15.1. The summed E-state index contributed by atoms with van der Waals surface area (Å²) in [6, 6.07) is 4.69. The maximum atomic E-state index is 13.7. The highest BCUT2D eigenvalue weighted by molar-refractivity contribution is 7.92. The zero-order chi connectivity index (χ0) is 27.3. The number of hydrogen-bond acceptors (Lipinski definition) is 6. The lowest BCUT2D eigenvalue weighted by molar-refractivity contribution is -0.0136. The minimum absolute atomic E-state index is 0.0649. The van der Waals surface area contributed by atoms with Crippen molar-refractivity contribution < 1.29 is 39.9 Å². The molecular formula is C23H24ClF3N2O6S2. The van der Waals surface area contributed by atoms with Gasteiger partial charge in [0.05, 0.1) is 27.0 Å². The molecule has 4 atom stereocenters. The number of sulfonamides is 1. The van der Waals surface area contributed by atoms with Crippen molar-refractivity contribution in [3.63, 3.8) is 0 Å². The van der Waals surface area contributed by atoms with Crippen LogP contribution in [0.25, 0.3) is 0 Å². The van der Waals surface area contributed by atoms with E-state index in [0.29, 0.717) is 25.0 Å². The predicted molar refractivity (Wildman–Crippen MR) is 130 cm³/mol. The summed E-state index contributed by atoms with van der Waals surface area (Å²) in [6.45, 7) is -0.230. The summed E-state index contributed by atoms with van der Waals surface area (Å²) in [4.78, 5) is 12.4. The molecule has 2 aromatic carbocycles. The van der Waals surface area contributed by atoms with E-state index in [2.05, 4.69) is 10.0 Å². The van der Waals surface area contributed by atoms with Crippen LogP contribution in [0.2, 0.25) is 5.02 Å². The van der Waals surface area contributed by atoms with Gasteiger partial charge in [0.2, 0.25) is 10.0 Å². The maximum absolute atomic E-state index is 13.7. The van der Waals surface area contributed by atoms with E-state index < -0.39 is 65.9 Å².